The molecule has 0 atom stereocenters. The maximum Gasteiger partial charge on any atom is 0.191 e. The normalized spacial score (nSPS) is 11.3. The fraction of sp³-hybridized carbons (Fsp3) is 0.562. The minimum atomic E-state index is 0.583. The highest BCUT2D eigenvalue weighted by Crippen LogP contribution is 2.18. The largest absolute Gasteiger partial charge is 0.494 e. The second-order valence-corrected chi connectivity index (χ2v) is 4.36. The van der Waals surface area contributed by atoms with E-state index in [2.05, 4.69) is 15.6 Å². The Kier molecular flexibility index (Phi) is 9.04. The summed E-state index contributed by atoms with van der Waals surface area (Å²) in [6.45, 7) is 10.2. The van der Waals surface area contributed by atoms with Gasteiger partial charge in [-0.05, 0) is 26.8 Å². The zero-order valence-electron chi connectivity index (χ0n) is 13.3. The number of nitrogens with one attached hydrogen (secondary N) is 2. The predicted octanol–water partition coefficient (Wildman–Crippen LogP) is 2.18. The molecule has 0 spiro atoms. The average molecular weight is 293 g/mol. The van der Waals surface area contributed by atoms with E-state index in [9.17, 15) is 0 Å². The standard InChI is InChI=1S/C16H27N3O2/c1-4-17-16(18-11-12-20-5-2)19-13-14-9-7-8-10-15(14)21-6-3/h7-10H,4-6,11-13H2,1-3H3,(H2,17,18,19). The molecule has 0 fully saturated rings. The van der Waals surface area contributed by atoms with E-state index in [1.807, 2.05) is 45.0 Å². The van der Waals surface area contributed by atoms with E-state index >= 15 is 0 Å². The van der Waals surface area contributed by atoms with E-state index in [1.54, 1.807) is 0 Å². The highest BCUT2D eigenvalue weighted by molar-refractivity contribution is 5.79. The topological polar surface area (TPSA) is 54.9 Å². The summed E-state index contributed by atoms with van der Waals surface area (Å²) in [6, 6.07) is 7.99. The third-order valence-electron chi connectivity index (χ3n) is 2.77. The maximum absolute atomic E-state index is 5.61. The first kappa shape index (κ1) is 17.3. The van der Waals surface area contributed by atoms with Gasteiger partial charge in [0.1, 0.15) is 5.75 Å². The molecule has 0 aliphatic heterocycles. The van der Waals surface area contributed by atoms with Gasteiger partial charge in [0.25, 0.3) is 0 Å². The van der Waals surface area contributed by atoms with Crippen LogP contribution in [0.1, 0.15) is 26.3 Å². The number of aliphatic imine (C=N–C) groups is 1. The van der Waals surface area contributed by atoms with E-state index < -0.39 is 0 Å². The van der Waals surface area contributed by atoms with Gasteiger partial charge in [-0.2, -0.15) is 0 Å². The molecule has 0 amide bonds. The lowest BCUT2D eigenvalue weighted by Crippen LogP contribution is -2.39. The molecule has 0 radical (unpaired) electrons. The van der Waals surface area contributed by atoms with Crippen molar-refractivity contribution in [2.45, 2.75) is 27.3 Å². The van der Waals surface area contributed by atoms with E-state index in [1.165, 1.54) is 0 Å². The van der Waals surface area contributed by atoms with Crippen LogP contribution < -0.4 is 15.4 Å². The Morgan fingerprint density at radius 1 is 1.10 bits per heavy atom. The number of rotatable bonds is 9. The number of nitrogens with zero attached hydrogens (tertiary/aromatic N) is 1. The Morgan fingerprint density at radius 2 is 1.90 bits per heavy atom. The molecule has 1 aromatic carbocycles. The van der Waals surface area contributed by atoms with Crippen LogP contribution in [0.5, 0.6) is 5.75 Å². The Bertz CT molecular complexity index is 422. The summed E-state index contributed by atoms with van der Waals surface area (Å²) in [7, 11) is 0. The average Bonchev–Trinajstić information content (AvgIpc) is 2.50. The minimum Gasteiger partial charge on any atom is -0.494 e. The third kappa shape index (κ3) is 6.99. The lowest BCUT2D eigenvalue weighted by atomic mass is 10.2. The highest BCUT2D eigenvalue weighted by Gasteiger charge is 2.02. The summed E-state index contributed by atoms with van der Waals surface area (Å²) in [5.41, 5.74) is 1.08. The van der Waals surface area contributed by atoms with Gasteiger partial charge in [-0.3, -0.25) is 0 Å². The van der Waals surface area contributed by atoms with Crippen molar-refractivity contribution in [2.75, 3.05) is 32.9 Å². The number of benzene rings is 1. The molecule has 118 valence electrons. The van der Waals surface area contributed by atoms with Gasteiger partial charge in [0, 0.05) is 25.3 Å². The molecule has 5 nitrogen and oxygen atoms in total. The maximum atomic E-state index is 5.61. The summed E-state index contributed by atoms with van der Waals surface area (Å²) >= 11 is 0. The van der Waals surface area contributed by atoms with Gasteiger partial charge < -0.3 is 20.1 Å². The zero-order chi connectivity index (χ0) is 15.3. The number of ether oxygens (including phenoxy) is 2. The molecular formula is C16H27N3O2. The first-order chi connectivity index (χ1) is 10.3. The third-order valence-corrected chi connectivity index (χ3v) is 2.77. The van der Waals surface area contributed by atoms with Crippen molar-refractivity contribution >= 4 is 5.96 Å². The molecule has 0 aromatic heterocycles. The number of guanidine groups is 1. The zero-order valence-corrected chi connectivity index (χ0v) is 13.3. The Labute approximate surface area is 127 Å². The first-order valence-electron chi connectivity index (χ1n) is 7.62. The number of para-hydroxylation sites is 1. The fourth-order valence-corrected chi connectivity index (χ4v) is 1.82. The lowest BCUT2D eigenvalue weighted by molar-refractivity contribution is 0.152. The molecule has 0 aliphatic rings. The summed E-state index contributed by atoms with van der Waals surface area (Å²) in [5.74, 6) is 1.69. The second-order valence-electron chi connectivity index (χ2n) is 4.36. The summed E-state index contributed by atoms with van der Waals surface area (Å²) < 4.78 is 10.9. The van der Waals surface area contributed by atoms with E-state index in [-0.39, 0.29) is 0 Å². The van der Waals surface area contributed by atoms with Crippen LogP contribution in [0.3, 0.4) is 0 Å². The van der Waals surface area contributed by atoms with Crippen molar-refractivity contribution in [2.24, 2.45) is 4.99 Å². The lowest BCUT2D eigenvalue weighted by Gasteiger charge is -2.12. The van der Waals surface area contributed by atoms with Gasteiger partial charge in [0.05, 0.1) is 19.8 Å². The Morgan fingerprint density at radius 3 is 2.62 bits per heavy atom. The van der Waals surface area contributed by atoms with Crippen molar-refractivity contribution in [3.63, 3.8) is 0 Å². The molecule has 1 aromatic rings. The molecule has 2 N–H and O–H groups in total. The van der Waals surface area contributed by atoms with Gasteiger partial charge >= 0.3 is 0 Å². The van der Waals surface area contributed by atoms with Crippen LogP contribution >= 0.6 is 0 Å². The first-order valence-corrected chi connectivity index (χ1v) is 7.62. The molecule has 0 bridgehead atoms. The molecule has 0 saturated heterocycles. The quantitative estimate of drug-likeness (QED) is 0.416. The van der Waals surface area contributed by atoms with Crippen LogP contribution in [0.4, 0.5) is 0 Å². The van der Waals surface area contributed by atoms with Gasteiger partial charge in [-0.25, -0.2) is 4.99 Å². The van der Waals surface area contributed by atoms with Crippen molar-refractivity contribution in [3.05, 3.63) is 29.8 Å². The molecule has 0 saturated carbocycles. The van der Waals surface area contributed by atoms with Crippen molar-refractivity contribution in [1.29, 1.82) is 0 Å². The molecule has 5 heteroatoms. The molecule has 0 unspecified atom stereocenters. The highest BCUT2D eigenvalue weighted by atomic mass is 16.5. The van der Waals surface area contributed by atoms with Crippen LogP contribution in [-0.4, -0.2) is 38.9 Å². The van der Waals surface area contributed by atoms with Crippen LogP contribution in [0.15, 0.2) is 29.3 Å². The molecule has 0 heterocycles. The van der Waals surface area contributed by atoms with Gasteiger partial charge in [0.15, 0.2) is 5.96 Å². The summed E-state index contributed by atoms with van der Waals surface area (Å²) in [4.78, 5) is 4.58. The number of hydrogen-bond acceptors (Lipinski definition) is 3. The Balaban J connectivity index is 2.60. The number of hydrogen-bond donors (Lipinski definition) is 2. The van der Waals surface area contributed by atoms with Gasteiger partial charge in [-0.1, -0.05) is 18.2 Å². The second kappa shape index (κ2) is 11.0. The minimum absolute atomic E-state index is 0.583. The Hall–Kier alpha value is -1.75. The van der Waals surface area contributed by atoms with Crippen molar-refractivity contribution in [3.8, 4) is 5.75 Å². The van der Waals surface area contributed by atoms with Crippen LogP contribution in [0.2, 0.25) is 0 Å². The van der Waals surface area contributed by atoms with E-state index in [0.29, 0.717) is 19.8 Å². The molecule has 21 heavy (non-hydrogen) atoms. The molecule has 0 aliphatic carbocycles. The van der Waals surface area contributed by atoms with Gasteiger partial charge in [0.2, 0.25) is 0 Å². The SMILES string of the molecule is CCNC(=NCc1ccccc1OCC)NCCOCC. The van der Waals surface area contributed by atoms with Crippen LogP contribution in [0, 0.1) is 0 Å². The van der Waals surface area contributed by atoms with Crippen molar-refractivity contribution < 1.29 is 9.47 Å². The fourth-order valence-electron chi connectivity index (χ4n) is 1.82. The van der Waals surface area contributed by atoms with Crippen LogP contribution in [-0.2, 0) is 11.3 Å². The van der Waals surface area contributed by atoms with Gasteiger partial charge in [-0.15, -0.1) is 0 Å². The molecule has 1 rings (SSSR count). The predicted molar refractivity (Wildman–Crippen MR) is 86.9 cm³/mol. The smallest absolute Gasteiger partial charge is 0.191 e. The van der Waals surface area contributed by atoms with E-state index in [4.69, 9.17) is 9.47 Å². The van der Waals surface area contributed by atoms with E-state index in [0.717, 1.165) is 37.0 Å². The van der Waals surface area contributed by atoms with Crippen LogP contribution in [0.25, 0.3) is 0 Å². The summed E-state index contributed by atoms with van der Waals surface area (Å²) in [6.07, 6.45) is 0. The summed E-state index contributed by atoms with van der Waals surface area (Å²) in [5, 5.41) is 6.47. The van der Waals surface area contributed by atoms with Crippen molar-refractivity contribution in [1.82, 2.24) is 10.6 Å². The molecular weight excluding hydrogens is 266 g/mol. The monoisotopic (exact) mass is 293 g/mol.